The number of carboxylic acids is 1. The summed E-state index contributed by atoms with van der Waals surface area (Å²) in [5.41, 5.74) is 0. The van der Waals surface area contributed by atoms with Crippen LogP contribution in [-0.4, -0.2) is 63.6 Å². The van der Waals surface area contributed by atoms with E-state index in [4.69, 9.17) is 14.2 Å². The fraction of sp³-hybridized carbons (Fsp3) is 0.846. The molecule has 0 amide bonds. The van der Waals surface area contributed by atoms with Crippen LogP contribution in [0, 0.1) is 0 Å². The van der Waals surface area contributed by atoms with Crippen LogP contribution in [-0.2, 0) is 23.8 Å². The lowest BCUT2D eigenvalue weighted by Crippen LogP contribution is -3.18. The lowest BCUT2D eigenvalue weighted by Gasteiger charge is -2.30. The van der Waals surface area contributed by atoms with Crippen LogP contribution in [0.3, 0.4) is 0 Å². The molecule has 0 saturated carbocycles. The highest BCUT2D eigenvalue weighted by Gasteiger charge is 2.33. The molecule has 0 radical (unpaired) electrons. The summed E-state index contributed by atoms with van der Waals surface area (Å²) < 4.78 is 15.8. The molecule has 2 atom stereocenters. The summed E-state index contributed by atoms with van der Waals surface area (Å²) in [6.45, 7) is 3.15. The van der Waals surface area contributed by atoms with Crippen molar-refractivity contribution in [2.24, 2.45) is 0 Å². The van der Waals surface area contributed by atoms with Gasteiger partial charge in [-0.15, -0.1) is 0 Å². The summed E-state index contributed by atoms with van der Waals surface area (Å²) in [6, 6.07) is -0.717. The van der Waals surface area contributed by atoms with Crippen molar-refractivity contribution in [2.45, 2.75) is 31.4 Å². The average molecular weight is 287 g/mol. The molecule has 7 heteroatoms. The fourth-order valence-corrected chi connectivity index (χ4v) is 2.59. The van der Waals surface area contributed by atoms with Crippen LogP contribution in [0.1, 0.15) is 19.3 Å². The SMILES string of the molecule is O=C([O-])C[C@H](C(=O)OC[C@@H]1CCCO1)[NH+]1CCOCC1. The zero-order chi connectivity index (χ0) is 14.4. The molecule has 0 aromatic heterocycles. The zero-order valence-corrected chi connectivity index (χ0v) is 11.5. The number of hydrogen-bond donors (Lipinski definition) is 1. The fourth-order valence-electron chi connectivity index (χ4n) is 2.59. The Labute approximate surface area is 117 Å². The number of ether oxygens (including phenoxy) is 3. The standard InChI is InChI=1S/C13H21NO6/c15-12(16)8-11(14-3-6-18-7-4-14)13(17)20-9-10-2-1-5-19-10/h10-11H,1-9H2,(H,15,16)/t10-,11+/m0/s1. The monoisotopic (exact) mass is 287 g/mol. The third kappa shape index (κ3) is 4.43. The summed E-state index contributed by atoms with van der Waals surface area (Å²) in [6.07, 6.45) is 1.48. The highest BCUT2D eigenvalue weighted by Crippen LogP contribution is 2.12. The van der Waals surface area contributed by atoms with Crippen LogP contribution in [0.5, 0.6) is 0 Å². The van der Waals surface area contributed by atoms with Gasteiger partial charge in [-0.05, 0) is 12.8 Å². The maximum atomic E-state index is 12.1. The van der Waals surface area contributed by atoms with Crippen molar-refractivity contribution < 1.29 is 33.8 Å². The number of morpholine rings is 1. The van der Waals surface area contributed by atoms with E-state index >= 15 is 0 Å². The molecule has 2 aliphatic heterocycles. The van der Waals surface area contributed by atoms with Crippen molar-refractivity contribution in [2.75, 3.05) is 39.5 Å². The maximum absolute atomic E-state index is 12.1. The van der Waals surface area contributed by atoms with Crippen molar-refractivity contribution >= 4 is 11.9 Å². The molecule has 0 aromatic rings. The zero-order valence-electron chi connectivity index (χ0n) is 11.5. The third-order valence-corrected chi connectivity index (χ3v) is 3.72. The van der Waals surface area contributed by atoms with Crippen molar-refractivity contribution in [3.8, 4) is 0 Å². The van der Waals surface area contributed by atoms with Crippen LogP contribution in [0.25, 0.3) is 0 Å². The van der Waals surface area contributed by atoms with Crippen LogP contribution in [0.15, 0.2) is 0 Å². The molecule has 0 bridgehead atoms. The first kappa shape index (κ1) is 15.2. The van der Waals surface area contributed by atoms with Gasteiger partial charge in [0.15, 0.2) is 6.04 Å². The summed E-state index contributed by atoms with van der Waals surface area (Å²) in [5.74, 6) is -1.72. The summed E-state index contributed by atoms with van der Waals surface area (Å²) in [4.78, 5) is 23.8. The number of esters is 1. The first-order valence-electron chi connectivity index (χ1n) is 7.07. The Morgan fingerprint density at radius 1 is 1.30 bits per heavy atom. The first-order valence-corrected chi connectivity index (χ1v) is 7.07. The minimum absolute atomic E-state index is 0.0535. The molecule has 2 heterocycles. The van der Waals surface area contributed by atoms with E-state index in [-0.39, 0.29) is 19.1 Å². The van der Waals surface area contributed by atoms with E-state index in [1.807, 2.05) is 0 Å². The minimum atomic E-state index is -1.23. The molecule has 20 heavy (non-hydrogen) atoms. The van der Waals surface area contributed by atoms with Crippen LogP contribution in [0.4, 0.5) is 0 Å². The van der Waals surface area contributed by atoms with Gasteiger partial charge in [0.25, 0.3) is 0 Å². The molecule has 0 aliphatic carbocycles. The average Bonchev–Trinajstić information content (AvgIpc) is 2.96. The number of carbonyl (C=O) groups excluding carboxylic acids is 2. The number of aliphatic carboxylic acids is 1. The molecule has 1 N–H and O–H groups in total. The Morgan fingerprint density at radius 2 is 2.05 bits per heavy atom. The molecule has 114 valence electrons. The van der Waals surface area contributed by atoms with Crippen molar-refractivity contribution in [3.63, 3.8) is 0 Å². The smallest absolute Gasteiger partial charge is 0.365 e. The Bertz CT molecular complexity index is 336. The molecule has 2 fully saturated rings. The summed E-state index contributed by atoms with van der Waals surface area (Å²) in [7, 11) is 0. The molecule has 2 aliphatic rings. The second-order valence-corrected chi connectivity index (χ2v) is 5.16. The van der Waals surface area contributed by atoms with E-state index in [0.717, 1.165) is 17.7 Å². The number of nitrogens with one attached hydrogen (secondary N) is 1. The molecule has 2 saturated heterocycles. The molecule has 7 nitrogen and oxygen atoms in total. The predicted molar refractivity (Wildman–Crippen MR) is 64.9 cm³/mol. The largest absolute Gasteiger partial charge is 0.550 e. The Morgan fingerprint density at radius 3 is 2.65 bits per heavy atom. The Hall–Kier alpha value is -1.18. The lowest BCUT2D eigenvalue weighted by molar-refractivity contribution is -0.924. The topological polar surface area (TPSA) is 89.3 Å². The van der Waals surface area contributed by atoms with E-state index in [9.17, 15) is 14.7 Å². The molecular weight excluding hydrogens is 266 g/mol. The molecular formula is C13H21NO6. The van der Waals surface area contributed by atoms with Crippen LogP contribution < -0.4 is 10.0 Å². The summed E-state index contributed by atoms with van der Waals surface area (Å²) >= 11 is 0. The van der Waals surface area contributed by atoms with E-state index in [1.165, 1.54) is 0 Å². The van der Waals surface area contributed by atoms with Crippen LogP contribution in [0.2, 0.25) is 0 Å². The van der Waals surface area contributed by atoms with E-state index in [0.29, 0.717) is 32.9 Å². The highest BCUT2D eigenvalue weighted by molar-refractivity contribution is 5.80. The molecule has 0 aromatic carbocycles. The van der Waals surface area contributed by atoms with E-state index < -0.39 is 18.0 Å². The quantitative estimate of drug-likeness (QED) is 0.528. The van der Waals surface area contributed by atoms with E-state index in [1.54, 1.807) is 0 Å². The van der Waals surface area contributed by atoms with Crippen LogP contribution >= 0.6 is 0 Å². The summed E-state index contributed by atoms with van der Waals surface area (Å²) in [5, 5.41) is 10.8. The third-order valence-electron chi connectivity index (χ3n) is 3.72. The normalized spacial score (nSPS) is 25.3. The van der Waals surface area contributed by atoms with Gasteiger partial charge in [0.05, 0.1) is 25.7 Å². The number of carbonyl (C=O) groups is 2. The van der Waals surface area contributed by atoms with Gasteiger partial charge in [-0.25, -0.2) is 4.79 Å². The molecule has 0 spiro atoms. The predicted octanol–water partition coefficient (Wildman–Crippen LogP) is -2.87. The minimum Gasteiger partial charge on any atom is -0.550 e. The first-order chi connectivity index (χ1) is 9.66. The number of hydrogen-bond acceptors (Lipinski definition) is 6. The van der Waals surface area contributed by atoms with Gasteiger partial charge < -0.3 is 29.0 Å². The van der Waals surface area contributed by atoms with Gasteiger partial charge in [0.2, 0.25) is 0 Å². The van der Waals surface area contributed by atoms with Gasteiger partial charge >= 0.3 is 5.97 Å². The number of quaternary nitrogens is 1. The van der Waals surface area contributed by atoms with Crippen molar-refractivity contribution in [1.29, 1.82) is 0 Å². The van der Waals surface area contributed by atoms with Crippen molar-refractivity contribution in [1.82, 2.24) is 0 Å². The van der Waals surface area contributed by atoms with Gasteiger partial charge in [-0.2, -0.15) is 0 Å². The van der Waals surface area contributed by atoms with Gasteiger partial charge in [0, 0.05) is 12.6 Å². The molecule has 2 rings (SSSR count). The number of carboxylic acid groups (broad SMARTS) is 1. The van der Waals surface area contributed by atoms with Crippen molar-refractivity contribution in [3.05, 3.63) is 0 Å². The Kier molecular flexibility index (Phi) is 5.75. The van der Waals surface area contributed by atoms with Gasteiger partial charge in [0.1, 0.15) is 19.7 Å². The second-order valence-electron chi connectivity index (χ2n) is 5.16. The molecule has 0 unspecified atom stereocenters. The maximum Gasteiger partial charge on any atom is 0.365 e. The van der Waals surface area contributed by atoms with E-state index in [2.05, 4.69) is 0 Å². The Balaban J connectivity index is 1.86. The lowest BCUT2D eigenvalue weighted by atomic mass is 10.1. The highest BCUT2D eigenvalue weighted by atomic mass is 16.6. The van der Waals surface area contributed by atoms with Gasteiger partial charge in [-0.1, -0.05) is 0 Å². The second kappa shape index (κ2) is 7.56. The van der Waals surface area contributed by atoms with Gasteiger partial charge in [-0.3, -0.25) is 0 Å². The number of rotatable bonds is 6.